The van der Waals surface area contributed by atoms with E-state index in [1.165, 1.54) is 17.8 Å². The lowest BCUT2D eigenvalue weighted by Crippen LogP contribution is -2.47. The van der Waals surface area contributed by atoms with Gasteiger partial charge in [-0.3, -0.25) is 9.48 Å². The molecule has 216 valence electrons. The third kappa shape index (κ3) is 8.99. The van der Waals surface area contributed by atoms with E-state index in [2.05, 4.69) is 20.1 Å². The molecule has 0 spiro atoms. The normalized spacial score (nSPS) is 13.4. The highest BCUT2D eigenvalue weighted by Crippen LogP contribution is 2.25. The van der Waals surface area contributed by atoms with Gasteiger partial charge in [0.05, 0.1) is 25.3 Å². The number of sulfonamides is 1. The summed E-state index contributed by atoms with van der Waals surface area (Å²) in [4.78, 5) is 29.8. The maximum absolute atomic E-state index is 13.0. The molecule has 0 radical (unpaired) electrons. The molecule has 0 bridgehead atoms. The number of aryl methyl sites for hydroxylation is 1. The van der Waals surface area contributed by atoms with Gasteiger partial charge in [-0.1, -0.05) is 76.4 Å². The Morgan fingerprint density at radius 1 is 1.07 bits per heavy atom. The van der Waals surface area contributed by atoms with Crippen LogP contribution < -0.4 is 10.0 Å². The Morgan fingerprint density at radius 3 is 2.42 bits per heavy atom. The number of rotatable bonds is 13. The summed E-state index contributed by atoms with van der Waals surface area (Å²) in [6, 6.07) is 11.7. The zero-order valence-corrected chi connectivity index (χ0v) is 24.6. The van der Waals surface area contributed by atoms with E-state index in [1.807, 2.05) is 65.1 Å². The molecule has 11 heteroatoms. The number of aromatic nitrogens is 3. The standard InChI is InChI=1S/C29H39N5O5S/c1-6-7-10-24(25(35)18-32-40(37,38)27-11-8-9-16-30-27)33-28(36)39-26(29(3,4)5)20-34-19-23(17-31-34)22-14-12-21(2)13-15-22/h8-9,11-17,19,24,26,32H,6-7,10,18,20H2,1-5H3,(H,33,36)/t24-,26+/m0/s1. The van der Waals surface area contributed by atoms with E-state index in [9.17, 15) is 18.0 Å². The summed E-state index contributed by atoms with van der Waals surface area (Å²) in [5.41, 5.74) is 2.74. The first-order chi connectivity index (χ1) is 18.9. The second-order valence-electron chi connectivity index (χ2n) is 10.9. The van der Waals surface area contributed by atoms with Crippen molar-refractivity contribution in [1.29, 1.82) is 0 Å². The van der Waals surface area contributed by atoms with Crippen LogP contribution in [0.15, 0.2) is 66.1 Å². The monoisotopic (exact) mass is 569 g/mol. The third-order valence-electron chi connectivity index (χ3n) is 6.46. The Bertz CT molecular complexity index is 1370. The smallest absolute Gasteiger partial charge is 0.408 e. The maximum atomic E-state index is 13.0. The number of carbonyl (C=O) groups is 2. The minimum atomic E-state index is -3.97. The molecule has 0 fully saturated rings. The van der Waals surface area contributed by atoms with Crippen molar-refractivity contribution in [2.45, 2.75) is 77.6 Å². The molecule has 2 N–H and O–H groups in total. The Balaban J connectivity index is 1.65. The van der Waals surface area contributed by atoms with E-state index in [0.29, 0.717) is 19.4 Å². The molecule has 10 nitrogen and oxygen atoms in total. The minimum absolute atomic E-state index is 0.183. The summed E-state index contributed by atoms with van der Waals surface area (Å²) < 4.78 is 34.8. The maximum Gasteiger partial charge on any atom is 0.408 e. The number of amides is 1. The van der Waals surface area contributed by atoms with Crippen LogP contribution >= 0.6 is 0 Å². The van der Waals surface area contributed by atoms with Gasteiger partial charge in [0.1, 0.15) is 6.10 Å². The van der Waals surface area contributed by atoms with E-state index < -0.39 is 46.0 Å². The molecule has 0 saturated heterocycles. The topological polar surface area (TPSA) is 132 Å². The van der Waals surface area contributed by atoms with Crippen LogP contribution in [0.25, 0.3) is 11.1 Å². The van der Waals surface area contributed by atoms with Gasteiger partial charge in [-0.25, -0.2) is 22.9 Å². The summed E-state index contributed by atoms with van der Waals surface area (Å²) in [5.74, 6) is -0.466. The molecule has 0 aliphatic rings. The SMILES string of the molecule is CCCC[C@H](NC(=O)O[C@H](Cn1cc(-c2ccc(C)cc2)cn1)C(C)(C)C)C(=O)CNS(=O)(=O)c1ccccn1. The van der Waals surface area contributed by atoms with Crippen molar-refractivity contribution >= 4 is 21.9 Å². The number of nitrogens with one attached hydrogen (secondary N) is 2. The highest BCUT2D eigenvalue weighted by molar-refractivity contribution is 7.89. The molecule has 3 rings (SSSR count). The number of carbonyl (C=O) groups excluding carboxylic acids is 2. The van der Waals surface area contributed by atoms with E-state index in [1.54, 1.807) is 23.0 Å². The van der Waals surface area contributed by atoms with Crippen LogP contribution in [-0.4, -0.2) is 53.7 Å². The largest absolute Gasteiger partial charge is 0.444 e. The molecule has 0 aliphatic carbocycles. The molecule has 40 heavy (non-hydrogen) atoms. The number of pyridine rings is 1. The highest BCUT2D eigenvalue weighted by Gasteiger charge is 2.31. The highest BCUT2D eigenvalue weighted by atomic mass is 32.2. The van der Waals surface area contributed by atoms with Crippen LogP contribution in [0.2, 0.25) is 0 Å². The van der Waals surface area contributed by atoms with Gasteiger partial charge in [-0.2, -0.15) is 5.10 Å². The predicted octanol–water partition coefficient (Wildman–Crippen LogP) is 4.50. The van der Waals surface area contributed by atoms with Crippen molar-refractivity contribution in [3.05, 3.63) is 66.6 Å². The van der Waals surface area contributed by atoms with E-state index in [-0.39, 0.29) is 5.03 Å². The number of nitrogens with zero attached hydrogens (tertiary/aromatic N) is 3. The fourth-order valence-electron chi connectivity index (χ4n) is 3.91. The van der Waals surface area contributed by atoms with Gasteiger partial charge in [0, 0.05) is 23.4 Å². The number of unbranched alkanes of at least 4 members (excludes halogenated alkanes) is 1. The average Bonchev–Trinajstić information content (AvgIpc) is 3.38. The fourth-order valence-corrected chi connectivity index (χ4v) is 4.85. The number of alkyl carbamates (subject to hydrolysis) is 1. The Morgan fingerprint density at radius 2 is 1.80 bits per heavy atom. The van der Waals surface area contributed by atoms with Gasteiger partial charge >= 0.3 is 6.09 Å². The first kappa shape index (κ1) is 31.0. The van der Waals surface area contributed by atoms with Gasteiger partial charge in [0.2, 0.25) is 0 Å². The summed E-state index contributed by atoms with van der Waals surface area (Å²) in [6.45, 7) is 9.72. The van der Waals surface area contributed by atoms with Crippen molar-refractivity contribution in [2.24, 2.45) is 5.41 Å². The molecule has 2 aromatic heterocycles. The molecule has 1 amide bonds. The molecule has 2 atom stereocenters. The number of hydrogen-bond acceptors (Lipinski definition) is 7. The number of benzene rings is 1. The fraction of sp³-hybridized carbons (Fsp3) is 0.448. The zero-order valence-electron chi connectivity index (χ0n) is 23.8. The van der Waals surface area contributed by atoms with E-state index in [4.69, 9.17) is 4.74 Å². The lowest BCUT2D eigenvalue weighted by atomic mass is 9.89. The lowest BCUT2D eigenvalue weighted by Gasteiger charge is -2.31. The first-order valence-corrected chi connectivity index (χ1v) is 14.9. The van der Waals surface area contributed by atoms with Gasteiger partial charge in [-0.15, -0.1) is 0 Å². The van der Waals surface area contributed by atoms with Crippen LogP contribution in [0.1, 0.15) is 52.5 Å². The molecule has 2 heterocycles. The predicted molar refractivity (Wildman–Crippen MR) is 153 cm³/mol. The number of ether oxygens (including phenoxy) is 1. The Labute approximate surface area is 236 Å². The first-order valence-electron chi connectivity index (χ1n) is 13.4. The Hall–Kier alpha value is -3.57. The molecule has 0 unspecified atom stereocenters. The second kappa shape index (κ2) is 13.7. The van der Waals surface area contributed by atoms with Crippen LogP contribution in [0.5, 0.6) is 0 Å². The molecule has 0 aliphatic heterocycles. The summed E-state index contributed by atoms with van der Waals surface area (Å²) in [5, 5.41) is 6.94. The molecular formula is C29H39N5O5S. The summed E-state index contributed by atoms with van der Waals surface area (Å²) in [7, 11) is -3.97. The van der Waals surface area contributed by atoms with Crippen LogP contribution in [0.4, 0.5) is 4.79 Å². The Kier molecular flexibility index (Phi) is 10.6. The number of hydrogen-bond donors (Lipinski definition) is 2. The summed E-state index contributed by atoms with van der Waals surface area (Å²) >= 11 is 0. The van der Waals surface area contributed by atoms with Crippen LogP contribution in [0, 0.1) is 12.3 Å². The molecular weight excluding hydrogens is 530 g/mol. The number of Topliss-reactive ketones (excluding diaryl/α,β-unsaturated/α-hetero) is 1. The van der Waals surface area contributed by atoms with E-state index in [0.717, 1.165) is 17.5 Å². The van der Waals surface area contributed by atoms with Crippen molar-refractivity contribution in [3.8, 4) is 11.1 Å². The van der Waals surface area contributed by atoms with Crippen molar-refractivity contribution in [1.82, 2.24) is 24.8 Å². The van der Waals surface area contributed by atoms with Crippen molar-refractivity contribution < 1.29 is 22.7 Å². The van der Waals surface area contributed by atoms with Gasteiger partial charge in [0.25, 0.3) is 10.0 Å². The van der Waals surface area contributed by atoms with Crippen molar-refractivity contribution in [2.75, 3.05) is 6.54 Å². The summed E-state index contributed by atoms with van der Waals surface area (Å²) in [6.07, 6.45) is 5.57. The molecule has 1 aromatic carbocycles. The number of ketones is 1. The molecule has 3 aromatic rings. The van der Waals surface area contributed by atoms with E-state index >= 15 is 0 Å². The zero-order chi connectivity index (χ0) is 29.3. The average molecular weight is 570 g/mol. The quantitative estimate of drug-likeness (QED) is 0.310. The van der Waals surface area contributed by atoms with Gasteiger partial charge < -0.3 is 10.1 Å². The molecule has 0 saturated carbocycles. The lowest BCUT2D eigenvalue weighted by molar-refractivity contribution is -0.120. The second-order valence-corrected chi connectivity index (χ2v) is 12.6. The van der Waals surface area contributed by atoms with Crippen molar-refractivity contribution in [3.63, 3.8) is 0 Å². The minimum Gasteiger partial charge on any atom is -0.444 e. The van der Waals surface area contributed by atoms with Crippen LogP contribution in [0.3, 0.4) is 0 Å². The third-order valence-corrected chi connectivity index (χ3v) is 7.78. The van der Waals surface area contributed by atoms with Gasteiger partial charge in [-0.05, 0) is 31.0 Å². The van der Waals surface area contributed by atoms with Gasteiger partial charge in [0.15, 0.2) is 10.8 Å². The van der Waals surface area contributed by atoms with Crippen LogP contribution in [-0.2, 0) is 26.1 Å².